The second-order valence-electron chi connectivity index (χ2n) is 3.27. The van der Waals surface area contributed by atoms with Crippen molar-refractivity contribution in [3.05, 3.63) is 42.3 Å². The molecule has 14 heavy (non-hydrogen) atoms. The number of aldehydes is 1. The first-order chi connectivity index (χ1) is 6.65. The number of anilines is 1. The molecule has 0 atom stereocenters. The maximum Gasteiger partial charge on any atom is 0.142 e. The Kier molecular flexibility index (Phi) is 3.46. The van der Waals surface area contributed by atoms with Gasteiger partial charge in [-0.15, -0.1) is 0 Å². The molecule has 0 unspecified atom stereocenters. The van der Waals surface area contributed by atoms with Gasteiger partial charge in [-0.25, -0.2) is 0 Å². The lowest BCUT2D eigenvalue weighted by atomic mass is 10.1. The second-order valence-corrected chi connectivity index (χ2v) is 3.27. The minimum atomic E-state index is 0.766. The highest BCUT2D eigenvalue weighted by Crippen LogP contribution is 2.18. The summed E-state index contributed by atoms with van der Waals surface area (Å²) in [5.74, 6) is 0. The molecule has 0 aliphatic heterocycles. The Bertz CT molecular complexity index is 353. The molecule has 2 heteroatoms. The van der Waals surface area contributed by atoms with Crippen molar-refractivity contribution in [2.75, 3.05) is 19.0 Å². The molecular formula is C12H14NO. The monoisotopic (exact) mass is 188 g/mol. The highest BCUT2D eigenvalue weighted by Gasteiger charge is 1.98. The quantitative estimate of drug-likeness (QED) is 0.535. The van der Waals surface area contributed by atoms with E-state index in [-0.39, 0.29) is 0 Å². The lowest BCUT2D eigenvalue weighted by molar-refractivity contribution is -0.104. The van der Waals surface area contributed by atoms with E-state index >= 15 is 0 Å². The van der Waals surface area contributed by atoms with E-state index in [1.807, 2.05) is 37.2 Å². The van der Waals surface area contributed by atoms with Crippen molar-refractivity contribution in [2.24, 2.45) is 0 Å². The van der Waals surface area contributed by atoms with Gasteiger partial charge in [0.25, 0.3) is 0 Å². The van der Waals surface area contributed by atoms with Gasteiger partial charge in [-0.05, 0) is 36.3 Å². The molecule has 0 fully saturated rings. The fourth-order valence-electron chi connectivity index (χ4n) is 1.16. The summed E-state index contributed by atoms with van der Waals surface area (Å²) in [6.07, 6.45) is 4.01. The van der Waals surface area contributed by atoms with Gasteiger partial charge in [0.05, 0.1) is 0 Å². The number of carbonyl (C=O) groups excluding carboxylic acids is 1. The van der Waals surface area contributed by atoms with Crippen LogP contribution in [0.25, 0.3) is 6.08 Å². The lowest BCUT2D eigenvalue weighted by Crippen LogP contribution is -2.08. The largest absolute Gasteiger partial charge is 0.378 e. The van der Waals surface area contributed by atoms with E-state index in [9.17, 15) is 4.79 Å². The maximum absolute atomic E-state index is 10.2. The fourth-order valence-corrected chi connectivity index (χ4v) is 1.16. The molecule has 0 aliphatic carbocycles. The average molecular weight is 188 g/mol. The first-order valence-electron chi connectivity index (χ1n) is 4.40. The minimum absolute atomic E-state index is 0.766. The van der Waals surface area contributed by atoms with E-state index in [1.165, 1.54) is 6.08 Å². The summed E-state index contributed by atoms with van der Waals surface area (Å²) < 4.78 is 0. The zero-order valence-electron chi connectivity index (χ0n) is 8.53. The van der Waals surface area contributed by atoms with E-state index in [0.29, 0.717) is 0 Å². The molecule has 1 aromatic carbocycles. The molecule has 0 aromatic heterocycles. The third-order valence-corrected chi connectivity index (χ3v) is 2.00. The fraction of sp³-hybridized carbons (Fsp3) is 0.167. The lowest BCUT2D eigenvalue weighted by Gasteiger charge is -2.13. The van der Waals surface area contributed by atoms with E-state index in [0.717, 1.165) is 23.1 Å². The van der Waals surface area contributed by atoms with Crippen LogP contribution in [0.15, 0.2) is 24.3 Å². The standard InChI is InChI=1S/C12H14NO/c1-10-6-7-12(13(2)3)9-11(10)5-4-8-14/h4-9H,1H2,2-3H3. The molecule has 0 heterocycles. The topological polar surface area (TPSA) is 20.3 Å². The van der Waals surface area contributed by atoms with E-state index in [2.05, 4.69) is 6.92 Å². The van der Waals surface area contributed by atoms with Crippen molar-refractivity contribution < 1.29 is 4.79 Å². The van der Waals surface area contributed by atoms with Crippen LogP contribution in [0, 0.1) is 6.92 Å². The highest BCUT2D eigenvalue weighted by molar-refractivity contribution is 5.75. The van der Waals surface area contributed by atoms with E-state index < -0.39 is 0 Å². The van der Waals surface area contributed by atoms with Crippen LogP contribution in [0.2, 0.25) is 0 Å². The molecule has 2 nitrogen and oxygen atoms in total. The predicted molar refractivity (Wildman–Crippen MR) is 60.3 cm³/mol. The maximum atomic E-state index is 10.2. The molecule has 0 N–H and O–H groups in total. The Balaban J connectivity index is 3.08. The molecule has 0 aliphatic rings. The van der Waals surface area contributed by atoms with Gasteiger partial charge in [-0.2, -0.15) is 0 Å². The normalized spacial score (nSPS) is 10.5. The number of allylic oxidation sites excluding steroid dienone is 1. The summed E-state index contributed by atoms with van der Waals surface area (Å²) >= 11 is 0. The molecule has 73 valence electrons. The van der Waals surface area contributed by atoms with Crippen LogP contribution in [0.5, 0.6) is 0 Å². The van der Waals surface area contributed by atoms with Crippen molar-refractivity contribution >= 4 is 18.0 Å². The number of hydrogen-bond donors (Lipinski definition) is 0. The molecule has 0 saturated carbocycles. The third-order valence-electron chi connectivity index (χ3n) is 2.00. The smallest absolute Gasteiger partial charge is 0.142 e. The van der Waals surface area contributed by atoms with Gasteiger partial charge in [0.15, 0.2) is 0 Å². The number of benzene rings is 1. The molecule has 0 bridgehead atoms. The van der Waals surface area contributed by atoms with Crippen LogP contribution < -0.4 is 4.90 Å². The van der Waals surface area contributed by atoms with Crippen LogP contribution >= 0.6 is 0 Å². The highest BCUT2D eigenvalue weighted by atomic mass is 16.1. The van der Waals surface area contributed by atoms with E-state index in [4.69, 9.17) is 0 Å². The SMILES string of the molecule is [CH2]c1ccc(N(C)C)cc1C=CC=O. The number of carbonyl (C=O) groups is 1. The Hall–Kier alpha value is -1.57. The molecule has 1 rings (SSSR count). The van der Waals surface area contributed by atoms with Crippen LogP contribution in [0.1, 0.15) is 11.1 Å². The van der Waals surface area contributed by atoms with Gasteiger partial charge in [0.2, 0.25) is 0 Å². The summed E-state index contributed by atoms with van der Waals surface area (Å²) in [5, 5.41) is 0. The van der Waals surface area contributed by atoms with Crippen LogP contribution in [0.4, 0.5) is 5.69 Å². The van der Waals surface area contributed by atoms with Crippen LogP contribution in [-0.2, 0) is 4.79 Å². The Labute approximate surface area is 84.9 Å². The molecule has 0 spiro atoms. The zero-order chi connectivity index (χ0) is 10.6. The Morgan fingerprint density at radius 1 is 1.36 bits per heavy atom. The van der Waals surface area contributed by atoms with Crippen LogP contribution in [-0.4, -0.2) is 20.4 Å². The minimum Gasteiger partial charge on any atom is -0.378 e. The van der Waals surface area contributed by atoms with Crippen molar-refractivity contribution in [1.29, 1.82) is 0 Å². The summed E-state index contributed by atoms with van der Waals surface area (Å²) in [7, 11) is 3.95. The Morgan fingerprint density at radius 3 is 2.64 bits per heavy atom. The molecule has 1 radical (unpaired) electrons. The van der Waals surface area contributed by atoms with E-state index in [1.54, 1.807) is 6.08 Å². The van der Waals surface area contributed by atoms with Gasteiger partial charge in [-0.3, -0.25) is 4.79 Å². The van der Waals surface area contributed by atoms with Crippen molar-refractivity contribution in [3.63, 3.8) is 0 Å². The predicted octanol–water partition coefficient (Wildman–Crippen LogP) is 2.15. The first-order valence-corrected chi connectivity index (χ1v) is 4.40. The molecule has 0 amide bonds. The van der Waals surface area contributed by atoms with Gasteiger partial charge in [0.1, 0.15) is 6.29 Å². The first kappa shape index (κ1) is 10.5. The summed E-state index contributed by atoms with van der Waals surface area (Å²) in [4.78, 5) is 12.2. The van der Waals surface area contributed by atoms with Gasteiger partial charge < -0.3 is 4.90 Å². The number of nitrogens with zero attached hydrogens (tertiary/aromatic N) is 1. The van der Waals surface area contributed by atoms with Crippen LogP contribution in [0.3, 0.4) is 0 Å². The summed E-state index contributed by atoms with van der Waals surface area (Å²) in [6.45, 7) is 3.89. The van der Waals surface area contributed by atoms with Crippen molar-refractivity contribution in [1.82, 2.24) is 0 Å². The average Bonchev–Trinajstić information content (AvgIpc) is 2.16. The Morgan fingerprint density at radius 2 is 2.07 bits per heavy atom. The second kappa shape index (κ2) is 4.61. The molecule has 1 aromatic rings. The number of hydrogen-bond acceptors (Lipinski definition) is 2. The number of rotatable bonds is 3. The van der Waals surface area contributed by atoms with Crippen molar-refractivity contribution in [2.45, 2.75) is 0 Å². The zero-order valence-corrected chi connectivity index (χ0v) is 8.53. The molecular weight excluding hydrogens is 174 g/mol. The van der Waals surface area contributed by atoms with Gasteiger partial charge >= 0.3 is 0 Å². The van der Waals surface area contributed by atoms with Gasteiger partial charge in [-0.1, -0.05) is 12.1 Å². The molecule has 0 saturated heterocycles. The third kappa shape index (κ3) is 2.46. The van der Waals surface area contributed by atoms with Gasteiger partial charge in [0, 0.05) is 19.8 Å². The van der Waals surface area contributed by atoms with Crippen molar-refractivity contribution in [3.8, 4) is 0 Å². The summed E-state index contributed by atoms with van der Waals surface area (Å²) in [5.41, 5.74) is 3.00. The summed E-state index contributed by atoms with van der Waals surface area (Å²) in [6, 6.07) is 5.95.